The van der Waals surface area contributed by atoms with Crippen molar-refractivity contribution in [1.82, 2.24) is 5.32 Å². The molecule has 0 fully saturated rings. The predicted octanol–water partition coefficient (Wildman–Crippen LogP) is 1.85. The summed E-state index contributed by atoms with van der Waals surface area (Å²) in [5, 5.41) is 5.31. The highest BCUT2D eigenvalue weighted by molar-refractivity contribution is 6.03. The van der Waals surface area contributed by atoms with Crippen LogP contribution in [0.2, 0.25) is 0 Å². The summed E-state index contributed by atoms with van der Waals surface area (Å²) < 4.78 is 0. The summed E-state index contributed by atoms with van der Waals surface area (Å²) in [6, 6.07) is 13.7. The molecule has 2 rings (SSSR count). The van der Waals surface area contributed by atoms with Crippen LogP contribution in [0.25, 0.3) is 0 Å². The normalized spacial score (nSPS) is 10.0. The topological polar surface area (TPSA) is 101 Å². The van der Waals surface area contributed by atoms with Gasteiger partial charge >= 0.3 is 0 Å². The van der Waals surface area contributed by atoms with Crippen LogP contribution in [0.3, 0.4) is 0 Å². The van der Waals surface area contributed by atoms with Crippen LogP contribution in [-0.4, -0.2) is 24.3 Å². The first-order valence-electron chi connectivity index (χ1n) is 7.51. The van der Waals surface area contributed by atoms with E-state index in [1.54, 1.807) is 36.4 Å². The number of anilines is 1. The van der Waals surface area contributed by atoms with Crippen molar-refractivity contribution in [2.75, 3.05) is 11.9 Å². The standard InChI is InChI=1S/C18H19N3O3/c1-12-5-4-6-13(11-12)18(24)20-10-9-16(22)21-15-8-3-2-7-14(15)17(19)23/h2-8,11H,9-10H2,1H3,(H2,19,23)(H,20,24)(H,21,22). The Kier molecular flexibility index (Phi) is 5.68. The van der Waals surface area contributed by atoms with Crippen LogP contribution in [0.1, 0.15) is 32.7 Å². The molecule has 124 valence electrons. The minimum atomic E-state index is -0.612. The zero-order chi connectivity index (χ0) is 17.5. The summed E-state index contributed by atoms with van der Waals surface area (Å²) in [7, 11) is 0. The summed E-state index contributed by atoms with van der Waals surface area (Å²) in [5.41, 5.74) is 7.41. The highest BCUT2D eigenvalue weighted by Gasteiger charge is 2.11. The number of aryl methyl sites for hydroxylation is 1. The van der Waals surface area contributed by atoms with E-state index >= 15 is 0 Å². The lowest BCUT2D eigenvalue weighted by molar-refractivity contribution is -0.116. The van der Waals surface area contributed by atoms with Crippen molar-refractivity contribution >= 4 is 23.4 Å². The van der Waals surface area contributed by atoms with E-state index in [0.29, 0.717) is 11.3 Å². The molecule has 0 saturated heterocycles. The number of hydrogen-bond acceptors (Lipinski definition) is 3. The monoisotopic (exact) mass is 325 g/mol. The molecule has 6 heteroatoms. The number of rotatable bonds is 6. The summed E-state index contributed by atoms with van der Waals surface area (Å²) in [5.74, 6) is -1.16. The fraction of sp³-hybridized carbons (Fsp3) is 0.167. The minimum Gasteiger partial charge on any atom is -0.366 e. The van der Waals surface area contributed by atoms with Crippen molar-refractivity contribution < 1.29 is 14.4 Å². The largest absolute Gasteiger partial charge is 0.366 e. The second kappa shape index (κ2) is 7.92. The van der Waals surface area contributed by atoms with E-state index < -0.39 is 5.91 Å². The van der Waals surface area contributed by atoms with E-state index in [1.165, 1.54) is 6.07 Å². The summed E-state index contributed by atoms with van der Waals surface area (Å²) in [6.07, 6.45) is 0.0879. The Morgan fingerprint density at radius 3 is 2.50 bits per heavy atom. The molecule has 0 aliphatic carbocycles. The number of carbonyl (C=O) groups excluding carboxylic acids is 3. The number of primary amides is 1. The third kappa shape index (κ3) is 4.67. The van der Waals surface area contributed by atoms with Gasteiger partial charge in [-0.1, -0.05) is 29.8 Å². The smallest absolute Gasteiger partial charge is 0.251 e. The van der Waals surface area contributed by atoms with Gasteiger partial charge < -0.3 is 16.4 Å². The SMILES string of the molecule is Cc1cccc(C(=O)NCCC(=O)Nc2ccccc2C(N)=O)c1. The Balaban J connectivity index is 1.86. The van der Waals surface area contributed by atoms with E-state index in [-0.39, 0.29) is 30.3 Å². The zero-order valence-corrected chi connectivity index (χ0v) is 13.3. The number of para-hydroxylation sites is 1. The van der Waals surface area contributed by atoms with Crippen molar-refractivity contribution in [3.63, 3.8) is 0 Å². The fourth-order valence-corrected chi connectivity index (χ4v) is 2.20. The Bertz CT molecular complexity index is 772. The van der Waals surface area contributed by atoms with Crippen LogP contribution in [0.15, 0.2) is 48.5 Å². The molecule has 0 unspecified atom stereocenters. The third-order valence-corrected chi connectivity index (χ3v) is 3.38. The van der Waals surface area contributed by atoms with Crippen molar-refractivity contribution in [3.05, 3.63) is 65.2 Å². The average molecular weight is 325 g/mol. The predicted molar refractivity (Wildman–Crippen MR) is 91.7 cm³/mol. The maximum atomic E-state index is 12.0. The number of benzene rings is 2. The van der Waals surface area contributed by atoms with E-state index in [4.69, 9.17) is 5.73 Å². The summed E-state index contributed by atoms with van der Waals surface area (Å²) in [6.45, 7) is 2.09. The van der Waals surface area contributed by atoms with Crippen LogP contribution in [-0.2, 0) is 4.79 Å². The van der Waals surface area contributed by atoms with Gasteiger partial charge in [0.2, 0.25) is 5.91 Å². The molecule has 0 heterocycles. The Morgan fingerprint density at radius 1 is 1.04 bits per heavy atom. The molecule has 0 aliphatic heterocycles. The van der Waals surface area contributed by atoms with Gasteiger partial charge in [0.15, 0.2) is 0 Å². The maximum Gasteiger partial charge on any atom is 0.251 e. The Morgan fingerprint density at radius 2 is 1.79 bits per heavy atom. The number of hydrogen-bond donors (Lipinski definition) is 3. The molecule has 0 atom stereocenters. The highest BCUT2D eigenvalue weighted by Crippen LogP contribution is 2.14. The van der Waals surface area contributed by atoms with Gasteiger partial charge in [-0.15, -0.1) is 0 Å². The Hall–Kier alpha value is -3.15. The van der Waals surface area contributed by atoms with E-state index in [0.717, 1.165) is 5.56 Å². The first-order valence-corrected chi connectivity index (χ1v) is 7.51. The lowest BCUT2D eigenvalue weighted by Crippen LogP contribution is -2.28. The van der Waals surface area contributed by atoms with E-state index in [1.807, 2.05) is 13.0 Å². The molecule has 0 saturated carbocycles. The molecule has 24 heavy (non-hydrogen) atoms. The second-order valence-corrected chi connectivity index (χ2v) is 5.33. The average Bonchev–Trinajstić information content (AvgIpc) is 2.55. The van der Waals surface area contributed by atoms with Crippen molar-refractivity contribution in [2.24, 2.45) is 5.73 Å². The van der Waals surface area contributed by atoms with Gasteiger partial charge in [-0.05, 0) is 31.2 Å². The van der Waals surface area contributed by atoms with Gasteiger partial charge in [0.25, 0.3) is 11.8 Å². The molecule has 0 spiro atoms. The quantitative estimate of drug-likeness (QED) is 0.755. The molecule has 2 aromatic rings. The van der Waals surface area contributed by atoms with Crippen molar-refractivity contribution in [2.45, 2.75) is 13.3 Å². The maximum absolute atomic E-state index is 12.0. The number of carbonyl (C=O) groups is 3. The van der Waals surface area contributed by atoms with Gasteiger partial charge in [0.05, 0.1) is 11.3 Å². The van der Waals surface area contributed by atoms with Gasteiger partial charge in [-0.25, -0.2) is 0 Å². The second-order valence-electron chi connectivity index (χ2n) is 5.33. The lowest BCUT2D eigenvalue weighted by Gasteiger charge is -2.09. The molecular weight excluding hydrogens is 306 g/mol. The fourth-order valence-electron chi connectivity index (χ4n) is 2.20. The molecule has 6 nitrogen and oxygen atoms in total. The molecule has 0 aromatic heterocycles. The van der Waals surface area contributed by atoms with E-state index in [9.17, 15) is 14.4 Å². The summed E-state index contributed by atoms with van der Waals surface area (Å²) in [4.78, 5) is 35.2. The van der Waals surface area contributed by atoms with Crippen LogP contribution in [0.5, 0.6) is 0 Å². The summed E-state index contributed by atoms with van der Waals surface area (Å²) >= 11 is 0. The molecule has 0 aliphatic rings. The molecule has 3 amide bonds. The van der Waals surface area contributed by atoms with E-state index in [2.05, 4.69) is 10.6 Å². The zero-order valence-electron chi connectivity index (χ0n) is 13.3. The number of nitrogens with two attached hydrogens (primary N) is 1. The third-order valence-electron chi connectivity index (χ3n) is 3.38. The van der Waals surface area contributed by atoms with Gasteiger partial charge in [-0.2, -0.15) is 0 Å². The van der Waals surface area contributed by atoms with Gasteiger partial charge in [0.1, 0.15) is 0 Å². The molecule has 0 bridgehead atoms. The first kappa shape index (κ1) is 17.2. The lowest BCUT2D eigenvalue weighted by atomic mass is 10.1. The van der Waals surface area contributed by atoms with Crippen LogP contribution < -0.4 is 16.4 Å². The molecular formula is C18H19N3O3. The molecule has 2 aromatic carbocycles. The van der Waals surface area contributed by atoms with Gasteiger partial charge in [0, 0.05) is 18.5 Å². The minimum absolute atomic E-state index is 0.0879. The van der Waals surface area contributed by atoms with Crippen molar-refractivity contribution in [3.8, 4) is 0 Å². The number of nitrogens with one attached hydrogen (secondary N) is 2. The van der Waals surface area contributed by atoms with Crippen LogP contribution >= 0.6 is 0 Å². The van der Waals surface area contributed by atoms with Gasteiger partial charge in [-0.3, -0.25) is 14.4 Å². The van der Waals surface area contributed by atoms with Crippen LogP contribution in [0.4, 0.5) is 5.69 Å². The first-order chi connectivity index (χ1) is 11.5. The Labute approximate surface area is 140 Å². The molecule has 0 radical (unpaired) electrons. The molecule has 4 N–H and O–H groups in total. The highest BCUT2D eigenvalue weighted by atomic mass is 16.2. The number of amides is 3. The van der Waals surface area contributed by atoms with Crippen LogP contribution in [0, 0.1) is 6.92 Å². The van der Waals surface area contributed by atoms with Crippen molar-refractivity contribution in [1.29, 1.82) is 0 Å².